The Morgan fingerprint density at radius 1 is 1.35 bits per heavy atom. The van der Waals surface area contributed by atoms with Gasteiger partial charge in [0.25, 0.3) is 0 Å². The molecule has 1 rings (SSSR count). The Labute approximate surface area is 101 Å². The molecule has 0 heterocycles. The molecule has 0 bridgehead atoms. The van der Waals surface area contributed by atoms with Crippen LogP contribution in [0.1, 0.15) is 5.56 Å². The van der Waals surface area contributed by atoms with Crippen molar-refractivity contribution in [3.63, 3.8) is 0 Å². The van der Waals surface area contributed by atoms with Gasteiger partial charge >= 0.3 is 0 Å². The van der Waals surface area contributed by atoms with E-state index < -0.39 is 15.9 Å². The summed E-state index contributed by atoms with van der Waals surface area (Å²) >= 11 is 0. The number of hydrogen-bond donors (Lipinski definition) is 2. The standard InChI is InChI=1S/C11H17NO4S/c1-17(14,15)8-10(13)7-16-11-4-2-9(6-12)3-5-11/h2-5,10,13H,6-8,12H2,1H3. The summed E-state index contributed by atoms with van der Waals surface area (Å²) in [5, 5.41) is 9.42. The van der Waals surface area contributed by atoms with Crippen molar-refractivity contribution in [3.05, 3.63) is 29.8 Å². The molecule has 0 aliphatic heterocycles. The van der Waals surface area contributed by atoms with Gasteiger partial charge in [-0.15, -0.1) is 0 Å². The summed E-state index contributed by atoms with van der Waals surface area (Å²) in [6.45, 7) is 0.409. The molecule has 96 valence electrons. The molecule has 0 saturated heterocycles. The van der Waals surface area contributed by atoms with E-state index in [9.17, 15) is 13.5 Å². The number of aliphatic hydroxyl groups is 1. The highest BCUT2D eigenvalue weighted by molar-refractivity contribution is 7.90. The Bertz CT molecular complexity index is 441. The van der Waals surface area contributed by atoms with Crippen molar-refractivity contribution in [1.29, 1.82) is 0 Å². The topological polar surface area (TPSA) is 89.6 Å². The van der Waals surface area contributed by atoms with Crippen LogP contribution in [0.2, 0.25) is 0 Å². The highest BCUT2D eigenvalue weighted by Crippen LogP contribution is 2.12. The second-order valence-electron chi connectivity index (χ2n) is 3.91. The van der Waals surface area contributed by atoms with E-state index in [0.29, 0.717) is 12.3 Å². The Kier molecular flexibility index (Phi) is 4.92. The van der Waals surface area contributed by atoms with Crippen molar-refractivity contribution in [2.45, 2.75) is 12.6 Å². The Morgan fingerprint density at radius 2 is 1.94 bits per heavy atom. The monoisotopic (exact) mass is 259 g/mol. The van der Waals surface area contributed by atoms with Crippen LogP contribution in [0.4, 0.5) is 0 Å². The van der Waals surface area contributed by atoms with Gasteiger partial charge in [-0.05, 0) is 17.7 Å². The van der Waals surface area contributed by atoms with Crippen LogP contribution in [0.3, 0.4) is 0 Å². The van der Waals surface area contributed by atoms with Crippen LogP contribution >= 0.6 is 0 Å². The third kappa shape index (κ3) is 5.67. The lowest BCUT2D eigenvalue weighted by atomic mass is 10.2. The molecule has 1 atom stereocenters. The van der Waals surface area contributed by atoms with E-state index in [1.165, 1.54) is 0 Å². The molecule has 0 aliphatic rings. The molecule has 17 heavy (non-hydrogen) atoms. The van der Waals surface area contributed by atoms with Crippen molar-refractivity contribution in [3.8, 4) is 5.75 Å². The number of ether oxygens (including phenoxy) is 1. The summed E-state index contributed by atoms with van der Waals surface area (Å²) in [7, 11) is -3.18. The minimum atomic E-state index is -3.18. The van der Waals surface area contributed by atoms with Crippen LogP contribution < -0.4 is 10.5 Å². The molecule has 1 aromatic carbocycles. The summed E-state index contributed by atoms with van der Waals surface area (Å²) in [5.74, 6) is 0.281. The van der Waals surface area contributed by atoms with Crippen LogP contribution in [-0.4, -0.2) is 38.2 Å². The van der Waals surface area contributed by atoms with E-state index in [1.54, 1.807) is 12.1 Å². The van der Waals surface area contributed by atoms with Crippen molar-refractivity contribution in [1.82, 2.24) is 0 Å². The second-order valence-corrected chi connectivity index (χ2v) is 6.09. The smallest absolute Gasteiger partial charge is 0.150 e. The number of aliphatic hydroxyl groups excluding tert-OH is 1. The predicted molar refractivity (Wildman–Crippen MR) is 65.5 cm³/mol. The van der Waals surface area contributed by atoms with E-state index >= 15 is 0 Å². The van der Waals surface area contributed by atoms with Crippen molar-refractivity contribution < 1.29 is 18.3 Å². The lowest BCUT2D eigenvalue weighted by Crippen LogP contribution is -2.26. The fraction of sp³-hybridized carbons (Fsp3) is 0.455. The molecular weight excluding hydrogens is 242 g/mol. The quantitative estimate of drug-likeness (QED) is 0.746. The molecule has 6 heteroatoms. The molecule has 0 fully saturated rings. The normalized spacial score (nSPS) is 13.4. The second kappa shape index (κ2) is 6.00. The summed E-state index contributed by atoms with van der Waals surface area (Å²) in [4.78, 5) is 0. The van der Waals surface area contributed by atoms with Crippen LogP contribution in [0.15, 0.2) is 24.3 Å². The van der Waals surface area contributed by atoms with Gasteiger partial charge in [0.15, 0.2) is 0 Å². The minimum absolute atomic E-state index is 0.0466. The first kappa shape index (κ1) is 14.0. The van der Waals surface area contributed by atoms with Gasteiger partial charge in [-0.1, -0.05) is 12.1 Å². The zero-order chi connectivity index (χ0) is 12.9. The maximum atomic E-state index is 10.9. The van der Waals surface area contributed by atoms with Gasteiger partial charge in [0, 0.05) is 12.8 Å². The molecule has 0 aromatic heterocycles. The first-order chi connectivity index (χ1) is 7.90. The molecule has 0 aliphatic carbocycles. The van der Waals surface area contributed by atoms with Gasteiger partial charge in [0.1, 0.15) is 28.3 Å². The Hall–Kier alpha value is -1.11. The molecule has 1 unspecified atom stereocenters. The Morgan fingerprint density at radius 3 is 2.41 bits per heavy atom. The van der Waals surface area contributed by atoms with Gasteiger partial charge in [-0.25, -0.2) is 8.42 Å². The largest absolute Gasteiger partial charge is 0.491 e. The van der Waals surface area contributed by atoms with E-state index in [-0.39, 0.29) is 12.4 Å². The molecule has 1 aromatic rings. The zero-order valence-corrected chi connectivity index (χ0v) is 10.5. The Balaban J connectivity index is 2.44. The maximum absolute atomic E-state index is 10.9. The highest BCUT2D eigenvalue weighted by atomic mass is 32.2. The summed E-state index contributed by atoms with van der Waals surface area (Å²) in [6.07, 6.45) is 0.0610. The average Bonchev–Trinajstić information content (AvgIpc) is 2.25. The SMILES string of the molecule is CS(=O)(=O)CC(O)COc1ccc(CN)cc1. The fourth-order valence-corrected chi connectivity index (χ4v) is 2.11. The number of sulfone groups is 1. The van der Waals surface area contributed by atoms with Crippen LogP contribution in [0.25, 0.3) is 0 Å². The van der Waals surface area contributed by atoms with Gasteiger partial charge in [-0.2, -0.15) is 0 Å². The third-order valence-corrected chi connectivity index (χ3v) is 3.09. The van der Waals surface area contributed by atoms with Crippen LogP contribution in [0.5, 0.6) is 5.75 Å². The molecule has 0 saturated carbocycles. The summed E-state index contributed by atoms with van der Waals surface area (Å²) in [6, 6.07) is 7.10. The first-order valence-corrected chi connectivity index (χ1v) is 7.24. The number of nitrogens with two attached hydrogens (primary N) is 1. The lowest BCUT2D eigenvalue weighted by molar-refractivity contribution is 0.125. The third-order valence-electron chi connectivity index (χ3n) is 2.10. The van der Waals surface area contributed by atoms with Gasteiger partial charge in [0.2, 0.25) is 0 Å². The zero-order valence-electron chi connectivity index (χ0n) is 9.67. The summed E-state index contributed by atoms with van der Waals surface area (Å²) in [5.41, 5.74) is 6.42. The highest BCUT2D eigenvalue weighted by Gasteiger charge is 2.12. The van der Waals surface area contributed by atoms with E-state index in [0.717, 1.165) is 11.8 Å². The summed E-state index contributed by atoms with van der Waals surface area (Å²) < 4.78 is 27.1. The van der Waals surface area contributed by atoms with E-state index in [2.05, 4.69) is 0 Å². The number of rotatable bonds is 6. The molecule has 3 N–H and O–H groups in total. The molecule has 0 radical (unpaired) electrons. The lowest BCUT2D eigenvalue weighted by Gasteiger charge is -2.11. The van der Waals surface area contributed by atoms with Crippen LogP contribution in [-0.2, 0) is 16.4 Å². The van der Waals surface area contributed by atoms with Crippen molar-refractivity contribution in [2.75, 3.05) is 18.6 Å². The fourth-order valence-electron chi connectivity index (χ4n) is 1.31. The van der Waals surface area contributed by atoms with Gasteiger partial charge < -0.3 is 15.6 Å². The maximum Gasteiger partial charge on any atom is 0.150 e. The number of benzene rings is 1. The van der Waals surface area contributed by atoms with E-state index in [1.807, 2.05) is 12.1 Å². The van der Waals surface area contributed by atoms with Crippen molar-refractivity contribution >= 4 is 9.84 Å². The average molecular weight is 259 g/mol. The molecule has 0 spiro atoms. The molecule has 0 amide bonds. The molecular formula is C11H17NO4S. The van der Waals surface area contributed by atoms with Crippen LogP contribution in [0, 0.1) is 0 Å². The number of hydrogen-bond acceptors (Lipinski definition) is 5. The van der Waals surface area contributed by atoms with Gasteiger partial charge in [-0.3, -0.25) is 0 Å². The molecule has 5 nitrogen and oxygen atoms in total. The van der Waals surface area contributed by atoms with Crippen molar-refractivity contribution in [2.24, 2.45) is 5.73 Å². The predicted octanol–water partition coefficient (Wildman–Crippen LogP) is -0.0704. The first-order valence-electron chi connectivity index (χ1n) is 5.18. The van der Waals surface area contributed by atoms with E-state index in [4.69, 9.17) is 10.5 Å². The van der Waals surface area contributed by atoms with Gasteiger partial charge in [0.05, 0.1) is 5.75 Å². The minimum Gasteiger partial charge on any atom is -0.491 e.